The van der Waals surface area contributed by atoms with Gasteiger partial charge in [-0.25, -0.2) is 4.39 Å². The van der Waals surface area contributed by atoms with E-state index in [1.807, 2.05) is 0 Å². The zero-order valence-corrected chi connectivity index (χ0v) is 9.61. The van der Waals surface area contributed by atoms with E-state index < -0.39 is 17.3 Å². The summed E-state index contributed by atoms with van der Waals surface area (Å²) in [5.41, 5.74) is -0.909. The number of benzene rings is 1. The van der Waals surface area contributed by atoms with E-state index in [0.717, 1.165) is 6.07 Å². The summed E-state index contributed by atoms with van der Waals surface area (Å²) in [6.45, 7) is 0.987. The lowest BCUT2D eigenvalue weighted by Crippen LogP contribution is -2.53. The van der Waals surface area contributed by atoms with Gasteiger partial charge in [-0.3, -0.25) is 4.79 Å². The quantitative estimate of drug-likeness (QED) is 0.710. The first-order valence-corrected chi connectivity index (χ1v) is 5.36. The highest BCUT2D eigenvalue weighted by atomic mass is 19.1. The Kier molecular flexibility index (Phi) is 4.60. The fraction of sp³-hybridized carbons (Fsp3) is 0.417. The van der Waals surface area contributed by atoms with E-state index in [2.05, 4.69) is 5.32 Å². The Hall–Kier alpha value is -1.46. The van der Waals surface area contributed by atoms with Gasteiger partial charge in [-0.15, -0.1) is 0 Å². The summed E-state index contributed by atoms with van der Waals surface area (Å²) in [7, 11) is 0. The molecule has 0 spiro atoms. The minimum Gasteiger partial charge on any atom is -0.394 e. The molecule has 0 saturated carbocycles. The summed E-state index contributed by atoms with van der Waals surface area (Å²) in [6.07, 6.45) is 0.376. The van der Waals surface area contributed by atoms with Gasteiger partial charge < -0.3 is 15.5 Å². The van der Waals surface area contributed by atoms with Crippen molar-refractivity contribution < 1.29 is 19.4 Å². The predicted octanol–water partition coefficient (Wildman–Crippen LogP) is 0.689. The van der Waals surface area contributed by atoms with Gasteiger partial charge in [0, 0.05) is 5.56 Å². The number of carbonyl (C=O) groups excluding carboxylic acids is 1. The van der Waals surface area contributed by atoms with E-state index in [-0.39, 0.29) is 18.8 Å². The largest absolute Gasteiger partial charge is 0.394 e. The van der Waals surface area contributed by atoms with Crippen LogP contribution in [0, 0.1) is 5.82 Å². The van der Waals surface area contributed by atoms with Crippen LogP contribution in [0.25, 0.3) is 0 Å². The van der Waals surface area contributed by atoms with Gasteiger partial charge in [-0.2, -0.15) is 0 Å². The lowest BCUT2D eigenvalue weighted by molar-refractivity contribution is 0.0652. The number of aliphatic hydroxyl groups is 2. The molecule has 1 rings (SSSR count). The molecule has 1 aromatic carbocycles. The number of halogens is 1. The lowest BCUT2D eigenvalue weighted by atomic mass is 9.98. The second-order valence-corrected chi connectivity index (χ2v) is 3.91. The van der Waals surface area contributed by atoms with Crippen molar-refractivity contribution in [3.63, 3.8) is 0 Å². The Morgan fingerprint density at radius 3 is 2.53 bits per heavy atom. The molecule has 0 aromatic heterocycles. The highest BCUT2D eigenvalue weighted by Gasteiger charge is 2.28. The summed E-state index contributed by atoms with van der Waals surface area (Å²) in [5, 5.41) is 20.9. The maximum Gasteiger partial charge on any atom is 0.251 e. The molecule has 0 fully saturated rings. The molecule has 0 aliphatic heterocycles. The molecule has 1 amide bonds. The molecule has 0 saturated heterocycles. The number of hydrogen-bond donors (Lipinski definition) is 3. The summed E-state index contributed by atoms with van der Waals surface area (Å²) in [5.74, 6) is -1.03. The molecular formula is C12H16FNO3. The van der Waals surface area contributed by atoms with E-state index in [1.165, 1.54) is 18.2 Å². The van der Waals surface area contributed by atoms with Gasteiger partial charge in [0.05, 0.1) is 18.8 Å². The average Bonchev–Trinajstić information content (AvgIpc) is 2.36. The zero-order valence-electron chi connectivity index (χ0n) is 9.61. The van der Waals surface area contributed by atoms with Crippen LogP contribution in [0.4, 0.5) is 4.39 Å². The molecule has 3 N–H and O–H groups in total. The molecule has 4 nitrogen and oxygen atoms in total. The van der Waals surface area contributed by atoms with Crippen molar-refractivity contribution in [1.82, 2.24) is 5.32 Å². The first-order valence-electron chi connectivity index (χ1n) is 5.36. The number of amides is 1. The van der Waals surface area contributed by atoms with Crippen LogP contribution < -0.4 is 5.32 Å². The minimum absolute atomic E-state index is 0.157. The number of hydrogen-bond acceptors (Lipinski definition) is 3. The minimum atomic E-state index is -1.07. The predicted molar refractivity (Wildman–Crippen MR) is 61.1 cm³/mol. The molecule has 17 heavy (non-hydrogen) atoms. The topological polar surface area (TPSA) is 69.6 Å². The number of aliphatic hydroxyl groups excluding tert-OH is 2. The fourth-order valence-electron chi connectivity index (χ4n) is 1.38. The van der Waals surface area contributed by atoms with Crippen LogP contribution in [0.3, 0.4) is 0 Å². The molecule has 0 radical (unpaired) electrons. The first kappa shape index (κ1) is 13.6. The standard InChI is InChI=1S/C12H16FNO3/c1-2-12(7-15,8-16)14-11(17)9-4-3-5-10(13)6-9/h3-6,15-16H,2,7-8H2,1H3,(H,14,17). The molecule has 0 aliphatic rings. The van der Waals surface area contributed by atoms with Gasteiger partial charge in [0.1, 0.15) is 5.82 Å². The van der Waals surface area contributed by atoms with Crippen molar-refractivity contribution in [3.05, 3.63) is 35.6 Å². The van der Waals surface area contributed by atoms with Crippen molar-refractivity contribution in [2.75, 3.05) is 13.2 Å². The second kappa shape index (κ2) is 5.75. The average molecular weight is 241 g/mol. The van der Waals surface area contributed by atoms with E-state index in [4.69, 9.17) is 0 Å². The van der Waals surface area contributed by atoms with Gasteiger partial charge in [-0.1, -0.05) is 13.0 Å². The summed E-state index contributed by atoms with van der Waals surface area (Å²) >= 11 is 0. The molecule has 0 unspecified atom stereocenters. The highest BCUT2D eigenvalue weighted by molar-refractivity contribution is 5.94. The Morgan fingerprint density at radius 2 is 2.06 bits per heavy atom. The molecule has 0 heterocycles. The fourth-order valence-corrected chi connectivity index (χ4v) is 1.38. The zero-order chi connectivity index (χ0) is 12.9. The van der Waals surface area contributed by atoms with E-state index in [0.29, 0.717) is 6.42 Å². The third-order valence-electron chi connectivity index (χ3n) is 2.75. The molecule has 5 heteroatoms. The summed E-state index contributed by atoms with van der Waals surface area (Å²) < 4.78 is 12.9. The normalized spacial score (nSPS) is 11.3. The third-order valence-corrected chi connectivity index (χ3v) is 2.75. The number of carbonyl (C=O) groups is 1. The maximum atomic E-state index is 12.9. The van der Waals surface area contributed by atoms with Gasteiger partial charge in [0.2, 0.25) is 0 Å². The smallest absolute Gasteiger partial charge is 0.251 e. The van der Waals surface area contributed by atoms with Crippen LogP contribution in [-0.2, 0) is 0 Å². The van der Waals surface area contributed by atoms with Gasteiger partial charge in [0.15, 0.2) is 0 Å². The molecule has 0 aliphatic carbocycles. The van der Waals surface area contributed by atoms with Crippen molar-refractivity contribution in [3.8, 4) is 0 Å². The Morgan fingerprint density at radius 1 is 1.41 bits per heavy atom. The van der Waals surface area contributed by atoms with Crippen molar-refractivity contribution in [2.24, 2.45) is 0 Å². The second-order valence-electron chi connectivity index (χ2n) is 3.91. The maximum absolute atomic E-state index is 12.9. The van der Waals surface area contributed by atoms with Gasteiger partial charge in [0.25, 0.3) is 5.91 Å². The van der Waals surface area contributed by atoms with Crippen LogP contribution in [-0.4, -0.2) is 34.9 Å². The summed E-state index contributed by atoms with van der Waals surface area (Å²) in [6, 6.07) is 5.23. The number of rotatable bonds is 5. The first-order chi connectivity index (χ1) is 8.06. The molecule has 94 valence electrons. The van der Waals surface area contributed by atoms with E-state index >= 15 is 0 Å². The lowest BCUT2D eigenvalue weighted by Gasteiger charge is -2.29. The van der Waals surface area contributed by atoms with Gasteiger partial charge in [-0.05, 0) is 24.6 Å². The van der Waals surface area contributed by atoms with Crippen molar-refractivity contribution >= 4 is 5.91 Å². The molecule has 0 atom stereocenters. The van der Waals surface area contributed by atoms with Crippen LogP contribution in [0.2, 0.25) is 0 Å². The Bertz CT molecular complexity index is 383. The van der Waals surface area contributed by atoms with Crippen LogP contribution in [0.1, 0.15) is 23.7 Å². The van der Waals surface area contributed by atoms with Crippen LogP contribution in [0.5, 0.6) is 0 Å². The highest BCUT2D eigenvalue weighted by Crippen LogP contribution is 2.11. The third kappa shape index (κ3) is 3.25. The Labute approximate surface area is 99.1 Å². The van der Waals surface area contributed by atoms with E-state index in [1.54, 1.807) is 6.92 Å². The van der Waals surface area contributed by atoms with Crippen LogP contribution in [0.15, 0.2) is 24.3 Å². The van der Waals surface area contributed by atoms with Crippen molar-refractivity contribution in [2.45, 2.75) is 18.9 Å². The Balaban J connectivity index is 2.84. The number of nitrogens with one attached hydrogen (secondary N) is 1. The van der Waals surface area contributed by atoms with Gasteiger partial charge >= 0.3 is 0 Å². The SMILES string of the molecule is CCC(CO)(CO)NC(=O)c1cccc(F)c1. The van der Waals surface area contributed by atoms with E-state index in [9.17, 15) is 19.4 Å². The monoisotopic (exact) mass is 241 g/mol. The van der Waals surface area contributed by atoms with Crippen LogP contribution >= 0.6 is 0 Å². The van der Waals surface area contributed by atoms with Crippen molar-refractivity contribution in [1.29, 1.82) is 0 Å². The molecule has 0 bridgehead atoms. The molecular weight excluding hydrogens is 225 g/mol. The summed E-state index contributed by atoms with van der Waals surface area (Å²) in [4.78, 5) is 11.8. The molecule has 1 aromatic rings.